The third kappa shape index (κ3) is 5.68. The summed E-state index contributed by atoms with van der Waals surface area (Å²) in [5.74, 6) is -0.493. The Kier molecular flexibility index (Phi) is 8.08. The molecule has 0 bridgehead atoms. The van der Waals surface area contributed by atoms with Gasteiger partial charge in [-0.1, -0.05) is 56.3 Å². The summed E-state index contributed by atoms with van der Waals surface area (Å²) in [5, 5.41) is 5.77. The van der Waals surface area contributed by atoms with E-state index in [1.54, 1.807) is 30.3 Å². The second-order valence-electron chi connectivity index (χ2n) is 8.82. The van der Waals surface area contributed by atoms with Crippen LogP contribution in [0.25, 0.3) is 0 Å². The number of nitrogens with zero attached hydrogens (tertiary/aromatic N) is 1. The molecule has 8 heteroatoms. The van der Waals surface area contributed by atoms with Crippen LogP contribution in [0, 0.1) is 0 Å². The summed E-state index contributed by atoms with van der Waals surface area (Å²) >= 11 is 6.25. The molecule has 2 aliphatic rings. The SMILES string of the molecule is CCCCOc1ccccc1NC(=O)c1ccc(NC2=C(Cl)C(=O)N(C3CCCCC3)C2=O)cc1. The Labute approximate surface area is 210 Å². The van der Waals surface area contributed by atoms with Gasteiger partial charge in [0.05, 0.1) is 12.3 Å². The molecule has 0 spiro atoms. The maximum absolute atomic E-state index is 13.0. The standard InChI is InChI=1S/C27H30ClN3O4/c1-2-3-17-35-22-12-8-7-11-21(22)30-25(32)18-13-15-19(16-14-18)29-24-23(28)26(33)31(27(24)34)20-9-5-4-6-10-20/h7-8,11-16,20,29H,2-6,9-10,17H2,1H3,(H,30,32). The van der Waals surface area contributed by atoms with E-state index in [-0.39, 0.29) is 22.7 Å². The minimum absolute atomic E-state index is 0.0811. The summed E-state index contributed by atoms with van der Waals surface area (Å²) in [6.07, 6.45) is 6.70. The number of hydrogen-bond acceptors (Lipinski definition) is 5. The number of imide groups is 1. The molecule has 4 rings (SSSR count). The summed E-state index contributed by atoms with van der Waals surface area (Å²) in [5.41, 5.74) is 1.68. The first-order chi connectivity index (χ1) is 17.0. The number of carbonyl (C=O) groups excluding carboxylic acids is 3. The zero-order valence-electron chi connectivity index (χ0n) is 19.8. The summed E-state index contributed by atoms with van der Waals surface area (Å²) < 4.78 is 5.78. The van der Waals surface area contributed by atoms with Gasteiger partial charge in [0.2, 0.25) is 0 Å². The van der Waals surface area contributed by atoms with Crippen molar-refractivity contribution < 1.29 is 19.1 Å². The minimum atomic E-state index is -0.443. The Morgan fingerprint density at radius 2 is 1.74 bits per heavy atom. The van der Waals surface area contributed by atoms with Gasteiger partial charge in [-0.3, -0.25) is 19.3 Å². The molecule has 1 aliphatic carbocycles. The van der Waals surface area contributed by atoms with Crippen LogP contribution >= 0.6 is 11.6 Å². The van der Waals surface area contributed by atoms with Gasteiger partial charge in [-0.05, 0) is 55.7 Å². The highest BCUT2D eigenvalue weighted by molar-refractivity contribution is 6.48. The molecule has 184 valence electrons. The number of benzene rings is 2. The van der Waals surface area contributed by atoms with Crippen molar-refractivity contribution in [3.63, 3.8) is 0 Å². The Balaban J connectivity index is 1.41. The lowest BCUT2D eigenvalue weighted by molar-refractivity contribution is -0.140. The lowest BCUT2D eigenvalue weighted by Gasteiger charge is -2.29. The maximum atomic E-state index is 13.0. The molecular formula is C27H30ClN3O4. The van der Waals surface area contributed by atoms with Crippen molar-refractivity contribution in [2.75, 3.05) is 17.2 Å². The Bertz CT molecular complexity index is 1120. The average Bonchev–Trinajstić information content (AvgIpc) is 3.09. The van der Waals surface area contributed by atoms with E-state index in [9.17, 15) is 14.4 Å². The Morgan fingerprint density at radius 3 is 2.46 bits per heavy atom. The molecule has 2 aromatic rings. The second-order valence-corrected chi connectivity index (χ2v) is 9.19. The molecule has 1 saturated carbocycles. The first kappa shape index (κ1) is 24.8. The number of para-hydroxylation sites is 2. The zero-order valence-corrected chi connectivity index (χ0v) is 20.6. The fourth-order valence-corrected chi connectivity index (χ4v) is 4.58. The van der Waals surface area contributed by atoms with Crippen LogP contribution in [0.2, 0.25) is 0 Å². The molecule has 0 atom stereocenters. The normalized spacial score (nSPS) is 16.6. The van der Waals surface area contributed by atoms with E-state index in [0.717, 1.165) is 44.9 Å². The second kappa shape index (κ2) is 11.4. The lowest BCUT2D eigenvalue weighted by atomic mass is 9.94. The number of ether oxygens (including phenoxy) is 1. The Hall–Kier alpha value is -3.32. The van der Waals surface area contributed by atoms with Crippen LogP contribution in [0.4, 0.5) is 11.4 Å². The Morgan fingerprint density at radius 1 is 1.03 bits per heavy atom. The van der Waals surface area contributed by atoms with Crippen molar-refractivity contribution in [3.8, 4) is 5.75 Å². The molecule has 0 unspecified atom stereocenters. The van der Waals surface area contributed by atoms with E-state index in [1.807, 2.05) is 18.2 Å². The molecule has 35 heavy (non-hydrogen) atoms. The van der Waals surface area contributed by atoms with Gasteiger partial charge in [-0.15, -0.1) is 0 Å². The quantitative estimate of drug-likeness (QED) is 0.345. The number of rotatable bonds is 9. The number of carbonyl (C=O) groups is 3. The molecule has 1 heterocycles. The summed E-state index contributed by atoms with van der Waals surface area (Å²) in [6.45, 7) is 2.68. The van der Waals surface area contributed by atoms with Crippen LogP contribution in [-0.4, -0.2) is 35.3 Å². The van der Waals surface area contributed by atoms with Crippen molar-refractivity contribution in [3.05, 3.63) is 64.8 Å². The monoisotopic (exact) mass is 495 g/mol. The van der Waals surface area contributed by atoms with Gasteiger partial charge in [0.25, 0.3) is 17.7 Å². The fourth-order valence-electron chi connectivity index (χ4n) is 4.36. The number of nitrogens with one attached hydrogen (secondary N) is 2. The predicted molar refractivity (Wildman–Crippen MR) is 136 cm³/mol. The van der Waals surface area contributed by atoms with Crippen LogP contribution in [-0.2, 0) is 9.59 Å². The van der Waals surface area contributed by atoms with Gasteiger partial charge in [-0.25, -0.2) is 0 Å². The van der Waals surface area contributed by atoms with Crippen molar-refractivity contribution in [1.29, 1.82) is 0 Å². The van der Waals surface area contributed by atoms with E-state index >= 15 is 0 Å². The molecule has 2 aromatic carbocycles. The number of unbranched alkanes of at least 4 members (excludes halogenated alkanes) is 1. The smallest absolute Gasteiger partial charge is 0.279 e. The molecule has 1 fully saturated rings. The fraction of sp³-hybridized carbons (Fsp3) is 0.370. The molecule has 0 radical (unpaired) electrons. The van der Waals surface area contributed by atoms with Crippen LogP contribution in [0.3, 0.4) is 0 Å². The molecule has 0 aromatic heterocycles. The van der Waals surface area contributed by atoms with Gasteiger partial charge >= 0.3 is 0 Å². The van der Waals surface area contributed by atoms with Gasteiger partial charge in [0.15, 0.2) is 0 Å². The van der Waals surface area contributed by atoms with Crippen LogP contribution in [0.1, 0.15) is 62.2 Å². The van der Waals surface area contributed by atoms with E-state index in [4.69, 9.17) is 16.3 Å². The first-order valence-corrected chi connectivity index (χ1v) is 12.5. The lowest BCUT2D eigenvalue weighted by Crippen LogP contribution is -2.42. The number of hydrogen-bond donors (Lipinski definition) is 2. The molecule has 3 amide bonds. The molecule has 7 nitrogen and oxygen atoms in total. The van der Waals surface area contributed by atoms with Crippen molar-refractivity contribution >= 4 is 40.7 Å². The van der Waals surface area contributed by atoms with Crippen molar-refractivity contribution in [2.45, 2.75) is 57.9 Å². The minimum Gasteiger partial charge on any atom is -0.491 e. The summed E-state index contributed by atoms with van der Waals surface area (Å²) in [4.78, 5) is 39.7. The molecule has 2 N–H and O–H groups in total. The van der Waals surface area contributed by atoms with Crippen LogP contribution in [0.5, 0.6) is 5.75 Å². The number of halogens is 1. The predicted octanol–water partition coefficient (Wildman–Crippen LogP) is 5.68. The number of anilines is 2. The van der Waals surface area contributed by atoms with Gasteiger partial charge < -0.3 is 15.4 Å². The first-order valence-electron chi connectivity index (χ1n) is 12.2. The van der Waals surface area contributed by atoms with Crippen LogP contribution in [0.15, 0.2) is 59.3 Å². The van der Waals surface area contributed by atoms with Crippen molar-refractivity contribution in [1.82, 2.24) is 4.90 Å². The average molecular weight is 496 g/mol. The summed E-state index contributed by atoms with van der Waals surface area (Å²) in [7, 11) is 0. The molecule has 1 aliphatic heterocycles. The summed E-state index contributed by atoms with van der Waals surface area (Å²) in [6, 6.07) is 13.9. The van der Waals surface area contributed by atoms with Gasteiger partial charge in [-0.2, -0.15) is 0 Å². The third-order valence-corrected chi connectivity index (χ3v) is 6.66. The van der Waals surface area contributed by atoms with E-state index in [2.05, 4.69) is 17.6 Å². The van der Waals surface area contributed by atoms with E-state index in [0.29, 0.717) is 29.3 Å². The topological polar surface area (TPSA) is 87.7 Å². The largest absolute Gasteiger partial charge is 0.491 e. The molecule has 0 saturated heterocycles. The highest BCUT2D eigenvalue weighted by atomic mass is 35.5. The number of amides is 3. The zero-order chi connectivity index (χ0) is 24.8. The molecular weight excluding hydrogens is 466 g/mol. The van der Waals surface area contributed by atoms with Crippen LogP contribution < -0.4 is 15.4 Å². The van der Waals surface area contributed by atoms with E-state index in [1.165, 1.54) is 4.90 Å². The van der Waals surface area contributed by atoms with E-state index < -0.39 is 11.8 Å². The van der Waals surface area contributed by atoms with Crippen molar-refractivity contribution in [2.24, 2.45) is 0 Å². The highest BCUT2D eigenvalue weighted by Crippen LogP contribution is 2.32. The third-order valence-electron chi connectivity index (χ3n) is 6.31. The van der Waals surface area contributed by atoms with Gasteiger partial charge in [0.1, 0.15) is 16.5 Å². The highest BCUT2D eigenvalue weighted by Gasteiger charge is 2.42. The van der Waals surface area contributed by atoms with Gasteiger partial charge in [0, 0.05) is 17.3 Å². The maximum Gasteiger partial charge on any atom is 0.279 e.